The molecule has 6 heteroatoms. The van der Waals surface area contributed by atoms with Crippen LogP contribution in [0.5, 0.6) is 0 Å². The lowest BCUT2D eigenvalue weighted by atomic mass is 10.2. The molecule has 2 rings (SSSR count). The second kappa shape index (κ2) is 3.64. The Labute approximate surface area is 94.1 Å². The first kappa shape index (κ1) is 10.7. The van der Waals surface area contributed by atoms with Gasteiger partial charge in [0, 0.05) is 11.8 Å². The van der Waals surface area contributed by atoms with Gasteiger partial charge >= 0.3 is 0 Å². The molecule has 2 saturated heterocycles. The Morgan fingerprint density at radius 2 is 2.29 bits per heavy atom. The first-order valence-corrected chi connectivity index (χ1v) is 7.82. The third-order valence-corrected chi connectivity index (χ3v) is 6.29. The third-order valence-electron chi connectivity index (χ3n) is 2.62. The van der Waals surface area contributed by atoms with E-state index in [0.29, 0.717) is 11.5 Å². The second-order valence-electron chi connectivity index (χ2n) is 3.76. The molecule has 2 fully saturated rings. The van der Waals surface area contributed by atoms with Crippen LogP contribution in [0.25, 0.3) is 0 Å². The molecule has 14 heavy (non-hydrogen) atoms. The van der Waals surface area contributed by atoms with Crippen LogP contribution in [-0.2, 0) is 9.84 Å². The average Bonchev–Trinajstić information content (AvgIpc) is 2.47. The highest BCUT2D eigenvalue weighted by Gasteiger charge is 2.47. The van der Waals surface area contributed by atoms with E-state index in [0.717, 1.165) is 17.3 Å². The van der Waals surface area contributed by atoms with E-state index in [1.54, 1.807) is 11.8 Å². The Bertz CT molecular complexity index is 352. The molecule has 0 bridgehead atoms. The molecule has 0 aliphatic carbocycles. The van der Waals surface area contributed by atoms with Crippen LogP contribution in [0.1, 0.15) is 13.3 Å². The van der Waals surface area contributed by atoms with Gasteiger partial charge in [-0.15, -0.1) is 0 Å². The maximum absolute atomic E-state index is 11.4. The van der Waals surface area contributed by atoms with Crippen LogP contribution in [0.15, 0.2) is 0 Å². The monoisotopic (exact) mass is 251 g/mol. The Balaban J connectivity index is 2.17. The van der Waals surface area contributed by atoms with Gasteiger partial charge in [-0.2, -0.15) is 0 Å². The number of nitrogens with zero attached hydrogens (tertiary/aromatic N) is 1. The lowest BCUT2D eigenvalue weighted by Gasteiger charge is -2.22. The highest BCUT2D eigenvalue weighted by Crippen LogP contribution is 2.37. The molecule has 0 aromatic heterocycles. The zero-order chi connectivity index (χ0) is 10.3. The van der Waals surface area contributed by atoms with E-state index >= 15 is 0 Å². The predicted octanol–water partition coefficient (Wildman–Crippen LogP) is 0.896. The normalized spacial score (nSPS) is 34.9. The minimum atomic E-state index is -2.80. The van der Waals surface area contributed by atoms with E-state index in [4.69, 9.17) is 12.2 Å². The summed E-state index contributed by atoms with van der Waals surface area (Å²) >= 11 is 6.79. The third kappa shape index (κ3) is 1.79. The molecule has 2 aliphatic heterocycles. The Hall–Kier alpha value is 0.190. The van der Waals surface area contributed by atoms with E-state index in [2.05, 4.69) is 11.8 Å². The maximum Gasteiger partial charge on any atom is 0.153 e. The number of hydrogen-bond donors (Lipinski definition) is 0. The van der Waals surface area contributed by atoms with Crippen LogP contribution >= 0.6 is 24.0 Å². The number of fused-ring (bicyclic) bond motifs is 1. The van der Waals surface area contributed by atoms with Crippen molar-refractivity contribution in [2.24, 2.45) is 0 Å². The minimum absolute atomic E-state index is 0.150. The summed E-state index contributed by atoms with van der Waals surface area (Å²) in [6.07, 6.45) is 1.02. The van der Waals surface area contributed by atoms with E-state index in [9.17, 15) is 8.42 Å². The quantitative estimate of drug-likeness (QED) is 0.682. The summed E-state index contributed by atoms with van der Waals surface area (Å²) in [5.74, 6) is 0.605. The molecule has 3 nitrogen and oxygen atoms in total. The highest BCUT2D eigenvalue weighted by atomic mass is 32.2. The van der Waals surface area contributed by atoms with Crippen molar-refractivity contribution in [2.45, 2.75) is 24.6 Å². The number of thioether (sulfide) groups is 1. The molecule has 0 aromatic carbocycles. The fourth-order valence-electron chi connectivity index (χ4n) is 2.03. The summed E-state index contributed by atoms with van der Waals surface area (Å²) in [5.41, 5.74) is 0. The van der Waals surface area contributed by atoms with Gasteiger partial charge in [0.05, 0.1) is 17.5 Å². The zero-order valence-corrected chi connectivity index (χ0v) is 10.4. The summed E-state index contributed by atoms with van der Waals surface area (Å²) in [6, 6.07) is 0.150. The number of sulfone groups is 1. The van der Waals surface area contributed by atoms with Gasteiger partial charge in [-0.3, -0.25) is 0 Å². The fourth-order valence-corrected chi connectivity index (χ4v) is 6.46. The molecule has 0 unspecified atom stereocenters. The Kier molecular flexibility index (Phi) is 2.79. The van der Waals surface area contributed by atoms with E-state index in [-0.39, 0.29) is 11.3 Å². The standard InChI is InChI=1S/C8H13NO2S3/c1-2-3-9-6-4-14(10,11)5-7(6)13-8(9)12/h6-7H,2-5H2,1H3/t6-,7-/m0/s1. The van der Waals surface area contributed by atoms with E-state index in [1.807, 2.05) is 0 Å². The maximum atomic E-state index is 11.4. The van der Waals surface area contributed by atoms with Crippen molar-refractivity contribution in [3.05, 3.63) is 0 Å². The topological polar surface area (TPSA) is 37.4 Å². The Morgan fingerprint density at radius 1 is 1.57 bits per heavy atom. The molecule has 2 aliphatic rings. The van der Waals surface area contributed by atoms with Crippen molar-refractivity contribution in [3.63, 3.8) is 0 Å². The van der Waals surface area contributed by atoms with Crippen LogP contribution in [0.3, 0.4) is 0 Å². The number of thiocarbonyl (C=S) groups is 1. The van der Waals surface area contributed by atoms with Crippen molar-refractivity contribution in [1.29, 1.82) is 0 Å². The molecular weight excluding hydrogens is 238 g/mol. The SMILES string of the molecule is CCCN1C(=S)S[C@H]2CS(=O)(=O)C[C@@H]21. The van der Waals surface area contributed by atoms with E-state index in [1.165, 1.54) is 0 Å². The molecule has 2 atom stereocenters. The van der Waals surface area contributed by atoms with Crippen LogP contribution in [0.4, 0.5) is 0 Å². The molecule has 0 N–H and O–H groups in total. The van der Waals surface area contributed by atoms with Crippen LogP contribution in [-0.4, -0.2) is 47.0 Å². The van der Waals surface area contributed by atoms with Crippen LogP contribution < -0.4 is 0 Å². The van der Waals surface area contributed by atoms with Gasteiger partial charge in [0.15, 0.2) is 9.84 Å². The zero-order valence-electron chi connectivity index (χ0n) is 7.97. The second-order valence-corrected chi connectivity index (χ2v) is 7.79. The fraction of sp³-hybridized carbons (Fsp3) is 0.875. The average molecular weight is 251 g/mol. The molecule has 80 valence electrons. The van der Waals surface area contributed by atoms with Crippen molar-refractivity contribution >= 4 is 38.1 Å². The van der Waals surface area contributed by atoms with Crippen LogP contribution in [0.2, 0.25) is 0 Å². The summed E-state index contributed by atoms with van der Waals surface area (Å²) < 4.78 is 23.7. The number of hydrogen-bond acceptors (Lipinski definition) is 4. The molecule has 0 radical (unpaired) electrons. The van der Waals surface area contributed by atoms with Gasteiger partial charge in [-0.1, -0.05) is 30.9 Å². The first-order chi connectivity index (χ1) is 6.53. The molecule has 0 spiro atoms. The summed E-state index contributed by atoms with van der Waals surface area (Å²) in [7, 11) is -2.80. The minimum Gasteiger partial charge on any atom is -0.352 e. The highest BCUT2D eigenvalue weighted by molar-refractivity contribution is 8.24. The molecule has 0 aromatic rings. The van der Waals surface area contributed by atoms with Gasteiger partial charge in [0.2, 0.25) is 0 Å². The van der Waals surface area contributed by atoms with Gasteiger partial charge in [-0.25, -0.2) is 8.42 Å². The number of rotatable bonds is 2. The van der Waals surface area contributed by atoms with Gasteiger partial charge < -0.3 is 4.90 Å². The molecule has 2 heterocycles. The largest absolute Gasteiger partial charge is 0.352 e. The summed E-state index contributed by atoms with van der Waals surface area (Å²) in [5, 5.41) is 0.194. The molecule has 0 saturated carbocycles. The van der Waals surface area contributed by atoms with Crippen molar-refractivity contribution < 1.29 is 8.42 Å². The van der Waals surface area contributed by atoms with E-state index < -0.39 is 9.84 Å². The Morgan fingerprint density at radius 3 is 2.93 bits per heavy atom. The van der Waals surface area contributed by atoms with Crippen molar-refractivity contribution in [2.75, 3.05) is 18.1 Å². The molecule has 0 amide bonds. The first-order valence-electron chi connectivity index (χ1n) is 4.71. The lowest BCUT2D eigenvalue weighted by Crippen LogP contribution is -2.37. The summed E-state index contributed by atoms with van der Waals surface area (Å²) in [4.78, 5) is 2.09. The van der Waals surface area contributed by atoms with Gasteiger partial charge in [-0.05, 0) is 6.42 Å². The predicted molar refractivity (Wildman–Crippen MR) is 63.4 cm³/mol. The molecular formula is C8H13NO2S3. The van der Waals surface area contributed by atoms with Gasteiger partial charge in [0.25, 0.3) is 0 Å². The van der Waals surface area contributed by atoms with Crippen molar-refractivity contribution in [1.82, 2.24) is 4.90 Å². The van der Waals surface area contributed by atoms with Crippen molar-refractivity contribution in [3.8, 4) is 0 Å². The summed E-state index contributed by atoms with van der Waals surface area (Å²) in [6.45, 7) is 2.98. The lowest BCUT2D eigenvalue weighted by molar-refractivity contribution is 0.362. The smallest absolute Gasteiger partial charge is 0.153 e. The van der Waals surface area contributed by atoms with Gasteiger partial charge in [0.1, 0.15) is 4.32 Å². The van der Waals surface area contributed by atoms with Crippen LogP contribution in [0, 0.1) is 0 Å².